The summed E-state index contributed by atoms with van der Waals surface area (Å²) in [5, 5.41) is 12.5. The summed E-state index contributed by atoms with van der Waals surface area (Å²) in [6.45, 7) is 14.6. The largest absolute Gasteiger partial charge is 0.379 e. The van der Waals surface area contributed by atoms with Crippen molar-refractivity contribution in [2.45, 2.75) is 75.0 Å². The van der Waals surface area contributed by atoms with Gasteiger partial charge in [0.1, 0.15) is 0 Å². The van der Waals surface area contributed by atoms with Gasteiger partial charge in [-0.05, 0) is 99.2 Å². The third-order valence-corrected chi connectivity index (χ3v) is 11.3. The van der Waals surface area contributed by atoms with Crippen molar-refractivity contribution in [3.05, 3.63) is 82.4 Å². The van der Waals surface area contributed by atoms with Gasteiger partial charge in [-0.1, -0.05) is 43.7 Å². The number of Topliss-reactive ketones (excluding diaryl/α,β-unsaturated/α-hetero) is 1. The molecule has 0 radical (unpaired) electrons. The smallest absolute Gasteiger partial charge is 0.251 e. The third-order valence-electron chi connectivity index (χ3n) is 9.94. The van der Waals surface area contributed by atoms with Crippen LogP contribution in [-0.2, 0) is 14.9 Å². The Morgan fingerprint density at radius 1 is 0.784 bits per heavy atom. The van der Waals surface area contributed by atoms with Gasteiger partial charge in [-0.2, -0.15) is 0 Å². The maximum absolute atomic E-state index is 14.0. The van der Waals surface area contributed by atoms with Crippen molar-refractivity contribution in [1.82, 2.24) is 5.32 Å². The Morgan fingerprint density at radius 2 is 1.41 bits per heavy atom. The number of fused-ring (bicyclic) bond motifs is 6. The molecule has 0 aromatic heterocycles. The minimum absolute atomic E-state index is 0.0213. The second-order valence-corrected chi connectivity index (χ2v) is 14.5. The van der Waals surface area contributed by atoms with Crippen LogP contribution in [0.25, 0.3) is 0 Å². The number of halogens is 1. The summed E-state index contributed by atoms with van der Waals surface area (Å²) in [5.74, 6) is 0.165. The SMILES string of the molecule is CCCN(CC)c1ccc2c(c1)Sc1cc(N(CC)CC)ccc1C21C(=N)C(=O)c2ccc(C(=O)NCCOCCOCCCCCCCl)cc21. The second-order valence-electron chi connectivity index (χ2n) is 13.0. The fourth-order valence-corrected chi connectivity index (χ4v) is 8.75. The van der Waals surface area contributed by atoms with E-state index >= 15 is 0 Å². The van der Waals surface area contributed by atoms with Crippen LogP contribution in [0.2, 0.25) is 0 Å². The van der Waals surface area contributed by atoms with Crippen molar-refractivity contribution in [2.75, 3.05) is 74.8 Å². The predicted molar refractivity (Wildman–Crippen MR) is 210 cm³/mol. The fraction of sp³-hybridized carbons (Fsp3) is 0.488. The highest BCUT2D eigenvalue weighted by atomic mass is 35.5. The number of hydrogen-bond donors (Lipinski definition) is 2. The summed E-state index contributed by atoms with van der Waals surface area (Å²) >= 11 is 7.42. The molecule has 0 fully saturated rings. The van der Waals surface area contributed by atoms with Crippen molar-refractivity contribution in [3.63, 3.8) is 0 Å². The highest BCUT2D eigenvalue weighted by Crippen LogP contribution is 2.57. The number of alkyl halides is 1. The summed E-state index contributed by atoms with van der Waals surface area (Å²) in [6, 6.07) is 18.1. The first-order valence-corrected chi connectivity index (χ1v) is 19.9. The van der Waals surface area contributed by atoms with E-state index in [-0.39, 0.29) is 17.4 Å². The van der Waals surface area contributed by atoms with Gasteiger partial charge in [0.25, 0.3) is 5.91 Å². The number of hydrogen-bond acceptors (Lipinski definition) is 8. The Morgan fingerprint density at radius 3 is 2.04 bits per heavy atom. The number of carbonyl (C=O) groups excluding carboxylic acids is 2. The number of benzene rings is 3. The lowest BCUT2D eigenvalue weighted by Crippen LogP contribution is -2.39. The van der Waals surface area contributed by atoms with Crippen LogP contribution in [-0.4, -0.2) is 82.4 Å². The number of rotatable bonds is 20. The molecule has 0 saturated carbocycles. The molecule has 274 valence electrons. The lowest BCUT2D eigenvalue weighted by Gasteiger charge is -2.39. The molecule has 1 unspecified atom stereocenters. The van der Waals surface area contributed by atoms with Crippen LogP contribution in [0.5, 0.6) is 0 Å². The number of amides is 1. The topological polar surface area (TPSA) is 95.0 Å². The van der Waals surface area contributed by atoms with E-state index in [1.807, 2.05) is 6.07 Å². The molecule has 1 aliphatic heterocycles. The summed E-state index contributed by atoms with van der Waals surface area (Å²) in [5.41, 5.74) is 4.55. The number of unbranched alkanes of at least 4 members (excludes halogenated alkanes) is 3. The Kier molecular flexibility index (Phi) is 14.0. The number of ether oxygens (including phenoxy) is 2. The van der Waals surface area contributed by atoms with Crippen molar-refractivity contribution in [2.24, 2.45) is 0 Å². The summed E-state index contributed by atoms with van der Waals surface area (Å²) in [4.78, 5) is 34.2. The van der Waals surface area contributed by atoms with E-state index in [1.165, 1.54) is 0 Å². The van der Waals surface area contributed by atoms with E-state index in [0.29, 0.717) is 55.5 Å². The van der Waals surface area contributed by atoms with Crippen LogP contribution in [0, 0.1) is 5.41 Å². The van der Waals surface area contributed by atoms with Crippen molar-refractivity contribution in [3.8, 4) is 0 Å². The summed E-state index contributed by atoms with van der Waals surface area (Å²) < 4.78 is 11.3. The molecular formula is C41H53ClN4O4S. The van der Waals surface area contributed by atoms with Crippen molar-refractivity contribution >= 4 is 52.1 Å². The minimum Gasteiger partial charge on any atom is -0.379 e. The van der Waals surface area contributed by atoms with Crippen molar-refractivity contribution in [1.29, 1.82) is 5.41 Å². The third kappa shape index (κ3) is 8.17. The molecule has 8 nitrogen and oxygen atoms in total. The number of carbonyl (C=O) groups is 2. The quantitative estimate of drug-likeness (QED) is 0.0891. The molecule has 1 atom stereocenters. The van der Waals surface area contributed by atoms with Crippen LogP contribution < -0.4 is 15.1 Å². The first kappa shape index (κ1) is 38.9. The molecule has 1 heterocycles. The molecule has 51 heavy (non-hydrogen) atoms. The molecule has 0 bridgehead atoms. The van der Waals surface area contributed by atoms with Crippen LogP contribution in [0.1, 0.15) is 97.2 Å². The zero-order valence-corrected chi connectivity index (χ0v) is 32.2. The van der Waals surface area contributed by atoms with Gasteiger partial charge in [-0.25, -0.2) is 0 Å². The van der Waals surface area contributed by atoms with Gasteiger partial charge in [0.2, 0.25) is 5.78 Å². The first-order chi connectivity index (χ1) is 24.8. The maximum atomic E-state index is 14.0. The van der Waals surface area contributed by atoms with E-state index in [9.17, 15) is 15.0 Å². The molecule has 3 aromatic rings. The first-order valence-electron chi connectivity index (χ1n) is 18.6. The fourth-order valence-electron chi connectivity index (χ4n) is 7.30. The molecular weight excluding hydrogens is 680 g/mol. The van der Waals surface area contributed by atoms with E-state index in [4.69, 9.17) is 21.1 Å². The average Bonchev–Trinajstić information content (AvgIpc) is 3.36. The van der Waals surface area contributed by atoms with Crippen LogP contribution in [0.3, 0.4) is 0 Å². The van der Waals surface area contributed by atoms with E-state index in [0.717, 1.165) is 90.6 Å². The average molecular weight is 733 g/mol. The van der Waals surface area contributed by atoms with Crippen LogP contribution in [0.15, 0.2) is 64.4 Å². The van der Waals surface area contributed by atoms with Gasteiger partial charge >= 0.3 is 0 Å². The molecule has 2 aliphatic rings. The Labute approximate surface area is 313 Å². The Balaban J connectivity index is 1.41. The zero-order valence-electron chi connectivity index (χ0n) is 30.6. The normalized spacial score (nSPS) is 15.9. The Hall–Kier alpha value is -3.37. The summed E-state index contributed by atoms with van der Waals surface area (Å²) in [6.07, 6.45) is 5.34. The van der Waals surface area contributed by atoms with Crippen molar-refractivity contribution < 1.29 is 19.1 Å². The minimum atomic E-state index is -1.13. The van der Waals surface area contributed by atoms with Gasteiger partial charge in [0, 0.05) is 77.5 Å². The molecule has 5 rings (SSSR count). The van der Waals surface area contributed by atoms with Gasteiger partial charge in [0.05, 0.1) is 30.9 Å². The highest BCUT2D eigenvalue weighted by molar-refractivity contribution is 7.99. The maximum Gasteiger partial charge on any atom is 0.251 e. The number of anilines is 2. The number of nitrogens with one attached hydrogen (secondary N) is 2. The highest BCUT2D eigenvalue weighted by Gasteiger charge is 2.55. The van der Waals surface area contributed by atoms with E-state index in [1.54, 1.807) is 23.9 Å². The lowest BCUT2D eigenvalue weighted by atomic mass is 9.68. The van der Waals surface area contributed by atoms with Gasteiger partial charge in [-0.15, -0.1) is 11.6 Å². The molecule has 3 aromatic carbocycles. The molecule has 1 amide bonds. The monoisotopic (exact) mass is 732 g/mol. The lowest BCUT2D eigenvalue weighted by molar-refractivity contribution is 0.0468. The standard InChI is InChI=1S/C41H53ClN4O4S/c1-5-21-46(8-4)31-15-18-34-37(28-31)51-36-27-30(45(6-2)7-3)14-17-33(36)41(34)35-26-29(13-16-32(35)38(47)39(41)43)40(48)44-20-23-50-25-24-49-22-12-10-9-11-19-42/h13-18,26-28,43H,5-12,19-25H2,1-4H3,(H,44,48). The van der Waals surface area contributed by atoms with Crippen LogP contribution >= 0.6 is 23.4 Å². The van der Waals surface area contributed by atoms with Gasteiger partial charge < -0.3 is 24.6 Å². The molecule has 10 heteroatoms. The molecule has 2 N–H and O–H groups in total. The molecule has 1 spiro atoms. The zero-order chi connectivity index (χ0) is 36.4. The van der Waals surface area contributed by atoms with Gasteiger partial charge in [0.15, 0.2) is 0 Å². The summed E-state index contributed by atoms with van der Waals surface area (Å²) in [7, 11) is 0. The number of nitrogens with zero attached hydrogens (tertiary/aromatic N) is 2. The molecule has 1 aliphatic carbocycles. The second kappa shape index (κ2) is 18.4. The molecule has 0 saturated heterocycles. The Bertz CT molecular complexity index is 1700. The predicted octanol–water partition coefficient (Wildman–Crippen LogP) is 8.35. The number of ketones is 1. The van der Waals surface area contributed by atoms with Crippen LogP contribution in [0.4, 0.5) is 11.4 Å². The van der Waals surface area contributed by atoms with E-state index in [2.05, 4.69) is 79.2 Å². The van der Waals surface area contributed by atoms with E-state index < -0.39 is 5.41 Å². The van der Waals surface area contributed by atoms with Gasteiger partial charge in [-0.3, -0.25) is 15.0 Å².